The summed E-state index contributed by atoms with van der Waals surface area (Å²) in [4.78, 5) is 2.50. The van der Waals surface area contributed by atoms with Crippen LogP contribution in [0.4, 0.5) is 0 Å². The predicted octanol–water partition coefficient (Wildman–Crippen LogP) is 2.91. The molecule has 3 heteroatoms. The second kappa shape index (κ2) is 7.65. The third kappa shape index (κ3) is 4.80. The van der Waals surface area contributed by atoms with E-state index in [0.29, 0.717) is 6.04 Å². The Bertz CT molecular complexity index is 406. The lowest BCUT2D eigenvalue weighted by atomic mass is 10.2. The first-order chi connectivity index (χ1) is 9.65. The Labute approximate surface area is 123 Å². The first kappa shape index (κ1) is 15.3. The van der Waals surface area contributed by atoms with Gasteiger partial charge in [0.25, 0.3) is 0 Å². The van der Waals surface area contributed by atoms with Gasteiger partial charge < -0.3 is 10.1 Å². The van der Waals surface area contributed by atoms with Gasteiger partial charge >= 0.3 is 0 Å². The number of likely N-dealkylation sites (tertiary alicyclic amines) is 1. The summed E-state index contributed by atoms with van der Waals surface area (Å²) in [7, 11) is 0. The van der Waals surface area contributed by atoms with Gasteiger partial charge in [0, 0.05) is 31.2 Å². The molecular formula is C17H28N2O. The van der Waals surface area contributed by atoms with Gasteiger partial charge in [-0.05, 0) is 24.9 Å². The van der Waals surface area contributed by atoms with E-state index in [1.807, 2.05) is 6.07 Å². The highest BCUT2D eigenvalue weighted by Gasteiger charge is 2.18. The van der Waals surface area contributed by atoms with Gasteiger partial charge in [0.15, 0.2) is 0 Å². The molecular weight excluding hydrogens is 248 g/mol. The Hall–Kier alpha value is -1.06. The zero-order chi connectivity index (χ0) is 14.4. The highest BCUT2D eigenvalue weighted by Crippen LogP contribution is 2.19. The molecule has 2 rings (SSSR count). The minimum absolute atomic E-state index is 0.495. The molecule has 1 aromatic carbocycles. The predicted molar refractivity (Wildman–Crippen MR) is 84.1 cm³/mol. The van der Waals surface area contributed by atoms with E-state index in [1.54, 1.807) is 0 Å². The van der Waals surface area contributed by atoms with Crippen LogP contribution in [0.3, 0.4) is 0 Å². The molecule has 1 fully saturated rings. The van der Waals surface area contributed by atoms with Gasteiger partial charge in [-0.15, -0.1) is 0 Å². The first-order valence-corrected chi connectivity index (χ1v) is 7.81. The maximum Gasteiger partial charge on any atom is 0.123 e. The molecule has 0 radical (unpaired) electrons. The lowest BCUT2D eigenvalue weighted by molar-refractivity contribution is 0.232. The molecule has 0 aromatic heterocycles. The fourth-order valence-electron chi connectivity index (χ4n) is 2.62. The van der Waals surface area contributed by atoms with Crippen molar-refractivity contribution < 1.29 is 4.74 Å². The molecule has 3 nitrogen and oxygen atoms in total. The van der Waals surface area contributed by atoms with Crippen LogP contribution in [0.1, 0.15) is 32.8 Å². The lowest BCUT2D eigenvalue weighted by Gasteiger charge is -2.17. The Morgan fingerprint density at radius 3 is 2.85 bits per heavy atom. The van der Waals surface area contributed by atoms with Gasteiger partial charge in [0.2, 0.25) is 0 Å². The molecule has 0 amide bonds. The molecule has 1 aliphatic rings. The summed E-state index contributed by atoms with van der Waals surface area (Å²) < 4.78 is 5.98. The smallest absolute Gasteiger partial charge is 0.123 e. The summed E-state index contributed by atoms with van der Waals surface area (Å²) in [5.74, 6) is 1.87. The Morgan fingerprint density at radius 1 is 1.35 bits per heavy atom. The Balaban J connectivity index is 1.79. The van der Waals surface area contributed by atoms with E-state index in [4.69, 9.17) is 4.74 Å². The normalized spacial score (nSPS) is 19.7. The van der Waals surface area contributed by atoms with E-state index in [2.05, 4.69) is 49.2 Å². The van der Waals surface area contributed by atoms with Gasteiger partial charge in [0.05, 0.1) is 0 Å². The second-order valence-corrected chi connectivity index (χ2v) is 6.19. The average molecular weight is 276 g/mol. The molecule has 1 aliphatic heterocycles. The van der Waals surface area contributed by atoms with Crippen molar-refractivity contribution in [3.63, 3.8) is 0 Å². The fourth-order valence-corrected chi connectivity index (χ4v) is 2.62. The van der Waals surface area contributed by atoms with Crippen molar-refractivity contribution in [1.82, 2.24) is 10.2 Å². The van der Waals surface area contributed by atoms with Crippen LogP contribution in [0.2, 0.25) is 0 Å². The van der Waals surface area contributed by atoms with Crippen LogP contribution in [-0.4, -0.2) is 37.2 Å². The highest BCUT2D eigenvalue weighted by atomic mass is 16.5. The van der Waals surface area contributed by atoms with E-state index < -0.39 is 0 Å². The summed E-state index contributed by atoms with van der Waals surface area (Å²) in [6.07, 6.45) is 1.33. The number of hydrogen-bond donors (Lipinski definition) is 1. The molecule has 1 heterocycles. The summed E-state index contributed by atoms with van der Waals surface area (Å²) >= 11 is 0. The van der Waals surface area contributed by atoms with Crippen LogP contribution in [0.25, 0.3) is 0 Å². The molecule has 0 bridgehead atoms. The first-order valence-electron chi connectivity index (χ1n) is 7.81. The largest absolute Gasteiger partial charge is 0.492 e. The third-order valence-electron chi connectivity index (χ3n) is 3.85. The zero-order valence-corrected chi connectivity index (χ0v) is 13.1. The van der Waals surface area contributed by atoms with E-state index in [-0.39, 0.29) is 0 Å². The Morgan fingerprint density at radius 2 is 2.15 bits per heavy atom. The van der Waals surface area contributed by atoms with E-state index in [1.165, 1.54) is 25.1 Å². The van der Waals surface area contributed by atoms with Crippen LogP contribution in [0, 0.1) is 5.92 Å². The van der Waals surface area contributed by atoms with Crippen LogP contribution in [-0.2, 0) is 6.54 Å². The minimum atomic E-state index is 0.495. The van der Waals surface area contributed by atoms with Crippen molar-refractivity contribution in [2.75, 3.05) is 26.2 Å². The molecule has 1 saturated heterocycles. The monoisotopic (exact) mass is 276 g/mol. The van der Waals surface area contributed by atoms with Gasteiger partial charge in [-0.25, -0.2) is 0 Å². The molecule has 0 spiro atoms. The quantitative estimate of drug-likeness (QED) is 0.829. The van der Waals surface area contributed by atoms with Crippen molar-refractivity contribution >= 4 is 0 Å². The molecule has 0 saturated carbocycles. The lowest BCUT2D eigenvalue weighted by Crippen LogP contribution is -2.26. The van der Waals surface area contributed by atoms with Crippen LogP contribution < -0.4 is 10.1 Å². The van der Waals surface area contributed by atoms with Crippen LogP contribution in [0.15, 0.2) is 24.3 Å². The number of para-hydroxylation sites is 1. The van der Waals surface area contributed by atoms with Crippen molar-refractivity contribution in [2.45, 2.75) is 39.8 Å². The van der Waals surface area contributed by atoms with Crippen LogP contribution >= 0.6 is 0 Å². The molecule has 1 atom stereocenters. The fraction of sp³-hybridized carbons (Fsp3) is 0.647. The van der Waals surface area contributed by atoms with Crippen LogP contribution in [0.5, 0.6) is 5.75 Å². The maximum absolute atomic E-state index is 5.98. The van der Waals surface area contributed by atoms with Gasteiger partial charge in [0.1, 0.15) is 12.4 Å². The molecule has 112 valence electrons. The number of benzene rings is 1. The minimum Gasteiger partial charge on any atom is -0.492 e. The molecule has 1 aromatic rings. The van der Waals surface area contributed by atoms with E-state index >= 15 is 0 Å². The standard InChI is InChI=1S/C17H28N2O/c1-14(2)18-12-16-6-4-5-7-17(16)20-11-10-19-9-8-15(3)13-19/h4-7,14-15,18H,8-13H2,1-3H3. The highest BCUT2D eigenvalue weighted by molar-refractivity contribution is 5.33. The van der Waals surface area contributed by atoms with Crippen molar-refractivity contribution in [3.8, 4) is 5.75 Å². The van der Waals surface area contributed by atoms with Gasteiger partial charge in [-0.2, -0.15) is 0 Å². The third-order valence-corrected chi connectivity index (χ3v) is 3.85. The second-order valence-electron chi connectivity index (χ2n) is 6.19. The summed E-state index contributed by atoms with van der Waals surface area (Å²) in [5.41, 5.74) is 1.25. The number of nitrogens with one attached hydrogen (secondary N) is 1. The number of rotatable bonds is 7. The number of hydrogen-bond acceptors (Lipinski definition) is 3. The number of ether oxygens (including phenoxy) is 1. The molecule has 20 heavy (non-hydrogen) atoms. The van der Waals surface area contributed by atoms with E-state index in [9.17, 15) is 0 Å². The average Bonchev–Trinajstić information content (AvgIpc) is 2.83. The number of nitrogens with zero attached hydrogens (tertiary/aromatic N) is 1. The molecule has 1 unspecified atom stereocenters. The van der Waals surface area contributed by atoms with E-state index in [0.717, 1.165) is 31.4 Å². The van der Waals surface area contributed by atoms with Crippen molar-refractivity contribution in [2.24, 2.45) is 5.92 Å². The van der Waals surface area contributed by atoms with Gasteiger partial charge in [-0.1, -0.05) is 39.0 Å². The van der Waals surface area contributed by atoms with Crippen molar-refractivity contribution in [3.05, 3.63) is 29.8 Å². The maximum atomic E-state index is 5.98. The summed E-state index contributed by atoms with van der Waals surface area (Å²) in [6, 6.07) is 8.83. The Kier molecular flexibility index (Phi) is 5.86. The summed E-state index contributed by atoms with van der Waals surface area (Å²) in [5, 5.41) is 3.45. The zero-order valence-electron chi connectivity index (χ0n) is 13.1. The summed E-state index contributed by atoms with van der Waals surface area (Å²) in [6.45, 7) is 11.8. The topological polar surface area (TPSA) is 24.5 Å². The SMILES string of the molecule is CC1CCN(CCOc2ccccc2CNC(C)C)C1. The molecule has 0 aliphatic carbocycles. The van der Waals surface area contributed by atoms with Crippen molar-refractivity contribution in [1.29, 1.82) is 0 Å². The van der Waals surface area contributed by atoms with Gasteiger partial charge in [-0.3, -0.25) is 4.90 Å². The molecule has 1 N–H and O–H groups in total.